The number of rotatable bonds is 4. The van der Waals surface area contributed by atoms with Gasteiger partial charge in [0.05, 0.1) is 16.4 Å². The van der Waals surface area contributed by atoms with Gasteiger partial charge in [-0.1, -0.05) is 41.9 Å². The molecule has 0 aromatic heterocycles. The number of nitrogens with one attached hydrogen (secondary N) is 1. The monoisotopic (exact) mass is 330 g/mol. The topological polar surface area (TPSA) is 49.4 Å². The largest absolute Gasteiger partial charge is 0.323 e. The van der Waals surface area contributed by atoms with Crippen molar-refractivity contribution in [3.8, 4) is 0 Å². The van der Waals surface area contributed by atoms with Gasteiger partial charge >= 0.3 is 0 Å². The minimum atomic E-state index is -0.295. The average Bonchev–Trinajstić information content (AvgIpc) is 2.48. The molecule has 0 atom stereocenters. The maximum atomic E-state index is 12.3. The molecule has 0 saturated heterocycles. The second kappa shape index (κ2) is 7.29. The normalized spacial score (nSPS) is 10.3. The molecule has 0 fully saturated rings. The van der Waals surface area contributed by atoms with E-state index in [1.54, 1.807) is 24.3 Å². The van der Waals surface area contributed by atoms with E-state index >= 15 is 0 Å². The van der Waals surface area contributed by atoms with E-state index in [-0.39, 0.29) is 18.4 Å². The van der Waals surface area contributed by atoms with Crippen molar-refractivity contribution in [2.24, 2.45) is 0 Å². The first-order valence-corrected chi connectivity index (χ1v) is 7.66. The van der Waals surface area contributed by atoms with Crippen LogP contribution in [-0.4, -0.2) is 18.4 Å². The molecule has 0 saturated carbocycles. The first-order valence-electron chi connectivity index (χ1n) is 7.29. The third-order valence-corrected chi connectivity index (χ3v) is 3.87. The molecule has 4 nitrogen and oxygen atoms in total. The van der Waals surface area contributed by atoms with Crippen LogP contribution >= 0.6 is 11.6 Å². The van der Waals surface area contributed by atoms with Crippen molar-refractivity contribution >= 4 is 34.8 Å². The van der Waals surface area contributed by atoms with E-state index in [4.69, 9.17) is 11.6 Å². The molecular formula is C18H19ClN2O2. The summed E-state index contributed by atoms with van der Waals surface area (Å²) < 4.78 is 0. The van der Waals surface area contributed by atoms with Crippen molar-refractivity contribution in [2.45, 2.75) is 20.8 Å². The molecule has 23 heavy (non-hydrogen) atoms. The lowest BCUT2D eigenvalue weighted by molar-refractivity contribution is -0.120. The van der Waals surface area contributed by atoms with Gasteiger partial charge in [0.25, 0.3) is 0 Å². The summed E-state index contributed by atoms with van der Waals surface area (Å²) in [6.45, 7) is 5.23. The number of para-hydroxylation sites is 2. The maximum absolute atomic E-state index is 12.3. The van der Waals surface area contributed by atoms with Crippen LogP contribution in [0.5, 0.6) is 0 Å². The van der Waals surface area contributed by atoms with E-state index in [9.17, 15) is 9.59 Å². The lowest BCUT2D eigenvalue weighted by Gasteiger charge is -2.24. The molecule has 2 aromatic carbocycles. The molecule has 0 aliphatic rings. The van der Waals surface area contributed by atoms with Crippen LogP contribution in [0.1, 0.15) is 18.1 Å². The number of amides is 2. The molecule has 0 bridgehead atoms. The Morgan fingerprint density at radius 1 is 1.04 bits per heavy atom. The van der Waals surface area contributed by atoms with Crippen LogP contribution in [0.3, 0.4) is 0 Å². The van der Waals surface area contributed by atoms with E-state index in [1.165, 1.54) is 11.8 Å². The SMILES string of the molecule is CC(=O)N(CC(=O)Nc1ccccc1Cl)c1c(C)cccc1C. The van der Waals surface area contributed by atoms with Gasteiger partial charge in [-0.15, -0.1) is 0 Å². The predicted molar refractivity (Wildman–Crippen MR) is 94.0 cm³/mol. The minimum Gasteiger partial charge on any atom is -0.323 e. The van der Waals surface area contributed by atoms with Crippen molar-refractivity contribution in [1.29, 1.82) is 0 Å². The standard InChI is InChI=1S/C18H19ClN2O2/c1-12-7-6-8-13(2)18(12)21(14(3)22)11-17(23)20-16-10-5-4-9-15(16)19/h4-10H,11H2,1-3H3,(H,20,23). The number of benzene rings is 2. The van der Waals surface area contributed by atoms with Crippen molar-refractivity contribution in [3.05, 3.63) is 58.6 Å². The highest BCUT2D eigenvalue weighted by atomic mass is 35.5. The number of hydrogen-bond donors (Lipinski definition) is 1. The van der Waals surface area contributed by atoms with Gasteiger partial charge < -0.3 is 10.2 Å². The fraction of sp³-hybridized carbons (Fsp3) is 0.222. The highest BCUT2D eigenvalue weighted by molar-refractivity contribution is 6.33. The summed E-state index contributed by atoms with van der Waals surface area (Å²) in [5.74, 6) is -0.479. The molecule has 2 aromatic rings. The van der Waals surface area contributed by atoms with E-state index < -0.39 is 0 Å². The Balaban J connectivity index is 2.22. The molecule has 120 valence electrons. The molecule has 2 amide bonds. The van der Waals surface area contributed by atoms with Crippen LogP contribution in [0, 0.1) is 13.8 Å². The predicted octanol–water partition coefficient (Wildman–Crippen LogP) is 3.95. The van der Waals surface area contributed by atoms with Crippen LogP contribution in [0.4, 0.5) is 11.4 Å². The fourth-order valence-electron chi connectivity index (χ4n) is 2.48. The first kappa shape index (κ1) is 17.0. The van der Waals surface area contributed by atoms with Gasteiger partial charge in [-0.3, -0.25) is 9.59 Å². The molecule has 2 rings (SSSR count). The smallest absolute Gasteiger partial charge is 0.244 e. The fourth-order valence-corrected chi connectivity index (χ4v) is 2.66. The lowest BCUT2D eigenvalue weighted by Crippen LogP contribution is -2.37. The maximum Gasteiger partial charge on any atom is 0.244 e. The Hall–Kier alpha value is -2.33. The van der Waals surface area contributed by atoms with Crippen LogP contribution in [0.2, 0.25) is 5.02 Å². The first-order chi connectivity index (χ1) is 10.9. The summed E-state index contributed by atoms with van der Waals surface area (Å²) in [4.78, 5) is 25.8. The number of nitrogens with zero attached hydrogens (tertiary/aromatic N) is 1. The highest BCUT2D eigenvalue weighted by Gasteiger charge is 2.19. The zero-order chi connectivity index (χ0) is 17.0. The Kier molecular flexibility index (Phi) is 5.40. The Labute approximate surface area is 141 Å². The third-order valence-electron chi connectivity index (χ3n) is 3.54. The summed E-state index contributed by atoms with van der Waals surface area (Å²) in [5, 5.41) is 3.20. The van der Waals surface area contributed by atoms with Gasteiger partial charge in [0.1, 0.15) is 6.54 Å². The Morgan fingerprint density at radius 2 is 1.65 bits per heavy atom. The zero-order valence-electron chi connectivity index (χ0n) is 13.4. The van der Waals surface area contributed by atoms with Crippen molar-refractivity contribution in [2.75, 3.05) is 16.8 Å². The molecule has 0 aliphatic heterocycles. The van der Waals surface area contributed by atoms with Crippen LogP contribution in [0.15, 0.2) is 42.5 Å². The number of carbonyl (C=O) groups excluding carboxylic acids is 2. The number of hydrogen-bond acceptors (Lipinski definition) is 2. The van der Waals surface area contributed by atoms with Gasteiger partial charge in [-0.05, 0) is 37.1 Å². The van der Waals surface area contributed by atoms with Gasteiger partial charge in [-0.2, -0.15) is 0 Å². The summed E-state index contributed by atoms with van der Waals surface area (Å²) in [7, 11) is 0. The van der Waals surface area contributed by atoms with E-state index in [1.807, 2.05) is 32.0 Å². The number of carbonyl (C=O) groups is 2. The lowest BCUT2D eigenvalue weighted by atomic mass is 10.1. The highest BCUT2D eigenvalue weighted by Crippen LogP contribution is 2.25. The molecular weight excluding hydrogens is 312 g/mol. The van der Waals surface area contributed by atoms with Gasteiger partial charge in [0.15, 0.2) is 0 Å². The molecule has 0 spiro atoms. The second-order valence-electron chi connectivity index (χ2n) is 5.37. The quantitative estimate of drug-likeness (QED) is 0.922. The summed E-state index contributed by atoms with van der Waals surface area (Å²) >= 11 is 6.04. The second-order valence-corrected chi connectivity index (χ2v) is 5.78. The van der Waals surface area contributed by atoms with Crippen LogP contribution in [0.25, 0.3) is 0 Å². The number of halogens is 1. The van der Waals surface area contributed by atoms with E-state index in [2.05, 4.69) is 5.32 Å². The summed E-state index contributed by atoms with van der Waals surface area (Å²) in [6.07, 6.45) is 0. The van der Waals surface area contributed by atoms with Gasteiger partial charge in [0, 0.05) is 6.92 Å². The third kappa shape index (κ3) is 4.11. The Morgan fingerprint density at radius 3 is 2.22 bits per heavy atom. The van der Waals surface area contributed by atoms with Crippen LogP contribution in [-0.2, 0) is 9.59 Å². The number of anilines is 2. The van der Waals surface area contributed by atoms with Gasteiger partial charge in [0.2, 0.25) is 11.8 Å². The van der Waals surface area contributed by atoms with E-state index in [0.717, 1.165) is 16.8 Å². The molecule has 0 heterocycles. The number of aryl methyl sites for hydroxylation is 2. The van der Waals surface area contributed by atoms with Crippen molar-refractivity contribution < 1.29 is 9.59 Å². The zero-order valence-corrected chi connectivity index (χ0v) is 14.1. The van der Waals surface area contributed by atoms with Crippen molar-refractivity contribution in [3.63, 3.8) is 0 Å². The average molecular weight is 331 g/mol. The summed E-state index contributed by atoms with van der Waals surface area (Å²) in [5.41, 5.74) is 3.20. The van der Waals surface area contributed by atoms with Crippen molar-refractivity contribution in [1.82, 2.24) is 0 Å². The molecule has 5 heteroatoms. The van der Waals surface area contributed by atoms with Crippen LogP contribution < -0.4 is 10.2 Å². The van der Waals surface area contributed by atoms with Gasteiger partial charge in [-0.25, -0.2) is 0 Å². The molecule has 0 radical (unpaired) electrons. The minimum absolute atomic E-state index is 0.0632. The Bertz CT molecular complexity index is 723. The molecule has 0 aliphatic carbocycles. The molecule has 1 N–H and O–H groups in total. The summed E-state index contributed by atoms with van der Waals surface area (Å²) in [6, 6.07) is 12.8. The molecule has 0 unspecified atom stereocenters. The van der Waals surface area contributed by atoms with E-state index in [0.29, 0.717) is 10.7 Å².